The monoisotopic (exact) mass is 390 g/mol. The van der Waals surface area contributed by atoms with Crippen molar-refractivity contribution in [1.82, 2.24) is 0 Å². The fraction of sp³-hybridized carbons (Fsp3) is 0.667. The number of unbranched alkanes of at least 4 members (excludes halogenated alkanes) is 2. The zero-order valence-electron chi connectivity index (χ0n) is 18.1. The lowest BCUT2D eigenvalue weighted by Crippen LogP contribution is -2.16. The van der Waals surface area contributed by atoms with E-state index in [-0.39, 0.29) is 23.7 Å². The number of aryl methyl sites for hydroxylation is 2. The van der Waals surface area contributed by atoms with Gasteiger partial charge in [-0.15, -0.1) is 0 Å². The Morgan fingerprint density at radius 1 is 0.714 bits per heavy atom. The minimum Gasteiger partial charge on any atom is -0.481 e. The number of carbonyl (C=O) groups is 2. The molecule has 1 rings (SSSR count). The maximum absolute atomic E-state index is 10.9. The first-order valence-electron chi connectivity index (χ1n) is 10.5. The lowest BCUT2D eigenvalue weighted by Gasteiger charge is -2.22. The minimum absolute atomic E-state index is 0.145. The highest BCUT2D eigenvalue weighted by Crippen LogP contribution is 2.29. The normalized spacial score (nSPS) is 12.1. The molecule has 1 aromatic carbocycles. The average Bonchev–Trinajstić information content (AvgIpc) is 2.54. The maximum Gasteiger partial charge on any atom is 0.303 e. The van der Waals surface area contributed by atoms with E-state index < -0.39 is 11.9 Å². The molecule has 1 aromatic rings. The molecule has 0 unspecified atom stereocenters. The van der Waals surface area contributed by atoms with Crippen LogP contribution in [0.1, 0.15) is 90.2 Å². The van der Waals surface area contributed by atoms with E-state index in [0.29, 0.717) is 0 Å². The van der Waals surface area contributed by atoms with Gasteiger partial charge in [0.15, 0.2) is 0 Å². The lowest BCUT2D eigenvalue weighted by atomic mass is 9.83. The molecule has 158 valence electrons. The summed E-state index contributed by atoms with van der Waals surface area (Å²) in [4.78, 5) is 21.8. The molecule has 0 bridgehead atoms. The molecule has 4 heteroatoms. The second kappa shape index (κ2) is 11.2. The Balaban J connectivity index is 2.42. The van der Waals surface area contributed by atoms with Gasteiger partial charge in [0.05, 0.1) is 12.8 Å². The zero-order valence-corrected chi connectivity index (χ0v) is 18.1. The van der Waals surface area contributed by atoms with Gasteiger partial charge in [-0.25, -0.2) is 0 Å². The molecular formula is C24H38O4. The molecule has 0 saturated carbocycles. The van der Waals surface area contributed by atoms with Crippen LogP contribution in [-0.4, -0.2) is 22.2 Å². The van der Waals surface area contributed by atoms with Gasteiger partial charge in [0.1, 0.15) is 0 Å². The van der Waals surface area contributed by atoms with Gasteiger partial charge < -0.3 is 10.2 Å². The highest BCUT2D eigenvalue weighted by Gasteiger charge is 2.22. The fourth-order valence-corrected chi connectivity index (χ4v) is 3.88. The smallest absolute Gasteiger partial charge is 0.303 e. The van der Waals surface area contributed by atoms with Crippen LogP contribution in [0, 0.1) is 10.8 Å². The zero-order chi connectivity index (χ0) is 21.2. The van der Waals surface area contributed by atoms with E-state index in [1.807, 2.05) is 27.7 Å². The van der Waals surface area contributed by atoms with Crippen LogP contribution in [0.15, 0.2) is 24.3 Å². The van der Waals surface area contributed by atoms with E-state index in [1.165, 1.54) is 11.1 Å². The van der Waals surface area contributed by atoms with Crippen LogP contribution in [0.25, 0.3) is 0 Å². The first-order chi connectivity index (χ1) is 13.0. The summed E-state index contributed by atoms with van der Waals surface area (Å²) in [5.41, 5.74) is 2.49. The van der Waals surface area contributed by atoms with Crippen LogP contribution in [0.4, 0.5) is 0 Å². The maximum atomic E-state index is 10.9. The third-order valence-corrected chi connectivity index (χ3v) is 5.48. The summed E-state index contributed by atoms with van der Waals surface area (Å²) in [7, 11) is 0. The Kier molecular flexibility index (Phi) is 9.71. The summed E-state index contributed by atoms with van der Waals surface area (Å²) in [6.07, 6.45) is 8.60. The van der Waals surface area contributed by atoms with Crippen LogP contribution in [0.5, 0.6) is 0 Å². The predicted octanol–water partition coefficient (Wildman–Crippen LogP) is 6.11. The summed E-state index contributed by atoms with van der Waals surface area (Å²) in [5.74, 6) is -1.44. The van der Waals surface area contributed by atoms with Crippen LogP contribution in [0.3, 0.4) is 0 Å². The standard InChI is InChI=1S/C24H38O4/c1-23(2,17-21(25)26)15-9-7-13-19-11-5-6-12-20(19)14-8-10-16-24(3,4)18-22(27)28/h5-6,11-12H,7-10,13-18H2,1-4H3,(H,25,26)(H,27,28). The van der Waals surface area contributed by atoms with Gasteiger partial charge in [0.2, 0.25) is 0 Å². The van der Waals surface area contributed by atoms with E-state index in [4.69, 9.17) is 10.2 Å². The fourth-order valence-electron chi connectivity index (χ4n) is 3.88. The van der Waals surface area contributed by atoms with Gasteiger partial charge >= 0.3 is 11.9 Å². The van der Waals surface area contributed by atoms with Crippen molar-refractivity contribution >= 4 is 11.9 Å². The van der Waals surface area contributed by atoms with Crippen molar-refractivity contribution in [2.45, 2.75) is 91.9 Å². The van der Waals surface area contributed by atoms with Gasteiger partial charge in [-0.2, -0.15) is 0 Å². The third kappa shape index (κ3) is 10.5. The summed E-state index contributed by atoms with van der Waals surface area (Å²) in [5, 5.41) is 18.0. The van der Waals surface area contributed by atoms with Gasteiger partial charge in [0.25, 0.3) is 0 Å². The first kappa shape index (κ1) is 24.2. The van der Waals surface area contributed by atoms with Crippen molar-refractivity contribution in [3.63, 3.8) is 0 Å². The van der Waals surface area contributed by atoms with Gasteiger partial charge in [0, 0.05) is 0 Å². The second-order valence-corrected chi connectivity index (χ2v) is 9.65. The molecule has 28 heavy (non-hydrogen) atoms. The molecule has 4 nitrogen and oxygen atoms in total. The third-order valence-electron chi connectivity index (χ3n) is 5.48. The topological polar surface area (TPSA) is 74.6 Å². The second-order valence-electron chi connectivity index (χ2n) is 9.65. The Hall–Kier alpha value is -1.84. The van der Waals surface area contributed by atoms with E-state index in [2.05, 4.69) is 24.3 Å². The number of hydrogen-bond donors (Lipinski definition) is 2. The van der Waals surface area contributed by atoms with Crippen molar-refractivity contribution in [3.8, 4) is 0 Å². The molecular weight excluding hydrogens is 352 g/mol. The molecule has 0 atom stereocenters. The van der Waals surface area contributed by atoms with E-state index >= 15 is 0 Å². The molecule has 0 fully saturated rings. The Bertz CT molecular complexity index is 576. The number of benzene rings is 1. The highest BCUT2D eigenvalue weighted by atomic mass is 16.4. The minimum atomic E-state index is -0.720. The average molecular weight is 391 g/mol. The van der Waals surface area contributed by atoms with Crippen molar-refractivity contribution in [2.24, 2.45) is 10.8 Å². The summed E-state index contributed by atoms with van der Waals surface area (Å²) >= 11 is 0. The quantitative estimate of drug-likeness (QED) is 0.376. The number of rotatable bonds is 14. The molecule has 0 radical (unpaired) electrons. The van der Waals surface area contributed by atoms with Crippen molar-refractivity contribution in [3.05, 3.63) is 35.4 Å². The molecule has 0 heterocycles. The molecule has 0 aliphatic heterocycles. The van der Waals surface area contributed by atoms with E-state index in [9.17, 15) is 9.59 Å². The van der Waals surface area contributed by atoms with Gasteiger partial charge in [-0.1, -0.05) is 64.8 Å². The van der Waals surface area contributed by atoms with Crippen LogP contribution in [0.2, 0.25) is 0 Å². The van der Waals surface area contributed by atoms with Crippen LogP contribution in [-0.2, 0) is 22.4 Å². The van der Waals surface area contributed by atoms with Gasteiger partial charge in [-0.05, 0) is 60.5 Å². The summed E-state index contributed by atoms with van der Waals surface area (Å²) < 4.78 is 0. The van der Waals surface area contributed by atoms with Crippen molar-refractivity contribution in [2.75, 3.05) is 0 Å². The summed E-state index contributed by atoms with van der Waals surface area (Å²) in [6.45, 7) is 8.11. The van der Waals surface area contributed by atoms with E-state index in [1.54, 1.807) is 0 Å². The Labute approximate surface area is 170 Å². The molecule has 0 aromatic heterocycles. The number of hydrogen-bond acceptors (Lipinski definition) is 2. The number of carboxylic acids is 2. The first-order valence-corrected chi connectivity index (χ1v) is 10.5. The molecule has 0 saturated heterocycles. The van der Waals surface area contributed by atoms with E-state index in [0.717, 1.165) is 51.4 Å². The predicted molar refractivity (Wildman–Crippen MR) is 114 cm³/mol. The van der Waals surface area contributed by atoms with Crippen molar-refractivity contribution < 1.29 is 19.8 Å². The van der Waals surface area contributed by atoms with Crippen LogP contribution >= 0.6 is 0 Å². The Morgan fingerprint density at radius 3 is 1.39 bits per heavy atom. The Morgan fingerprint density at radius 2 is 1.07 bits per heavy atom. The molecule has 0 spiro atoms. The number of carboxylic acid groups (broad SMARTS) is 2. The molecule has 0 aliphatic carbocycles. The SMILES string of the molecule is CC(C)(CCCCc1ccccc1CCCCC(C)(C)CC(=O)O)CC(=O)O. The lowest BCUT2D eigenvalue weighted by molar-refractivity contribution is -0.140. The molecule has 0 aliphatic rings. The van der Waals surface area contributed by atoms with Crippen LogP contribution < -0.4 is 0 Å². The number of aliphatic carboxylic acids is 2. The molecule has 2 N–H and O–H groups in total. The van der Waals surface area contributed by atoms with Crippen molar-refractivity contribution in [1.29, 1.82) is 0 Å². The largest absolute Gasteiger partial charge is 0.481 e. The van der Waals surface area contributed by atoms with Gasteiger partial charge in [-0.3, -0.25) is 9.59 Å². The summed E-state index contributed by atoms with van der Waals surface area (Å²) in [6, 6.07) is 8.57. The molecule has 0 amide bonds. The highest BCUT2D eigenvalue weighted by molar-refractivity contribution is 5.67.